The van der Waals surface area contributed by atoms with Crippen LogP contribution in [0.2, 0.25) is 0 Å². The summed E-state index contributed by atoms with van der Waals surface area (Å²) in [6.07, 6.45) is 0.846. The molecule has 0 spiro atoms. The van der Waals surface area contributed by atoms with E-state index in [1.165, 1.54) is 31.4 Å². The summed E-state index contributed by atoms with van der Waals surface area (Å²) >= 11 is 0. The number of carbonyl (C=O) groups excluding carboxylic acids is 3. The molecule has 3 N–H and O–H groups in total. The lowest BCUT2D eigenvalue weighted by molar-refractivity contribution is -0.123. The molecule has 1 aromatic carbocycles. The minimum absolute atomic E-state index is 0.0254. The monoisotopic (exact) mass is 363 g/mol. The molecule has 2 unspecified atom stereocenters. The Balaban J connectivity index is 2.40. The van der Waals surface area contributed by atoms with Crippen LogP contribution in [0, 0.1) is 0 Å². The van der Waals surface area contributed by atoms with Gasteiger partial charge in [0.2, 0.25) is 5.91 Å². The fraction of sp³-hybridized carbons (Fsp3) is 0.389. The molecule has 8 nitrogen and oxygen atoms in total. The number of ketones is 1. The van der Waals surface area contributed by atoms with Crippen LogP contribution in [0.4, 0.5) is 5.69 Å². The number of ether oxygens (including phenoxy) is 2. The Morgan fingerprint density at radius 2 is 2.00 bits per heavy atom. The van der Waals surface area contributed by atoms with E-state index < -0.39 is 35.6 Å². The number of phenolic OH excluding ortho intramolecular Hbond substituents is 1. The van der Waals surface area contributed by atoms with Gasteiger partial charge in [-0.05, 0) is 19.4 Å². The van der Waals surface area contributed by atoms with Crippen LogP contribution in [0.25, 0.3) is 0 Å². The fourth-order valence-electron chi connectivity index (χ4n) is 2.43. The van der Waals surface area contributed by atoms with Gasteiger partial charge in [0.15, 0.2) is 5.78 Å². The summed E-state index contributed by atoms with van der Waals surface area (Å²) < 4.78 is 10.3. The Kier molecular flexibility index (Phi) is 6.35. The highest BCUT2D eigenvalue weighted by atomic mass is 16.5. The van der Waals surface area contributed by atoms with Gasteiger partial charge in [0.25, 0.3) is 0 Å². The van der Waals surface area contributed by atoms with Crippen LogP contribution in [-0.2, 0) is 14.3 Å². The minimum atomic E-state index is -1.30. The third kappa shape index (κ3) is 4.82. The highest BCUT2D eigenvalue weighted by Gasteiger charge is 2.24. The van der Waals surface area contributed by atoms with Gasteiger partial charge < -0.3 is 25.0 Å². The fourth-order valence-corrected chi connectivity index (χ4v) is 2.43. The molecule has 2 rings (SSSR count). The topological polar surface area (TPSA) is 122 Å². The van der Waals surface area contributed by atoms with Crippen molar-refractivity contribution in [3.63, 3.8) is 0 Å². The number of aromatic hydroxyl groups is 1. The third-order valence-electron chi connectivity index (χ3n) is 3.84. The van der Waals surface area contributed by atoms with Gasteiger partial charge in [-0.3, -0.25) is 9.59 Å². The first-order chi connectivity index (χ1) is 12.3. The van der Waals surface area contributed by atoms with Crippen molar-refractivity contribution >= 4 is 23.3 Å². The highest BCUT2D eigenvalue weighted by molar-refractivity contribution is 6.04. The number of aliphatic hydroxyl groups is 1. The molecule has 0 saturated carbocycles. The SMILES string of the molecule is COc1cc(O)c2c(c1)NC(=O)CCC(O)C(=O)/C=C/CC(C)OC2=O. The lowest BCUT2D eigenvalue weighted by atomic mass is 10.1. The predicted molar refractivity (Wildman–Crippen MR) is 92.2 cm³/mol. The molecule has 1 aliphatic rings. The van der Waals surface area contributed by atoms with Crippen LogP contribution in [0.5, 0.6) is 11.5 Å². The summed E-state index contributed by atoms with van der Waals surface area (Å²) in [6.45, 7) is 1.62. The van der Waals surface area contributed by atoms with Crippen molar-refractivity contribution in [2.75, 3.05) is 12.4 Å². The van der Waals surface area contributed by atoms with Gasteiger partial charge in [0.05, 0.1) is 12.8 Å². The predicted octanol–water partition coefficient (Wildman–Crippen LogP) is 1.55. The maximum absolute atomic E-state index is 12.4. The molecule has 0 aromatic heterocycles. The van der Waals surface area contributed by atoms with Crippen LogP contribution in [-0.4, -0.2) is 47.2 Å². The highest BCUT2D eigenvalue weighted by Crippen LogP contribution is 2.33. The second-order valence-electron chi connectivity index (χ2n) is 5.93. The summed E-state index contributed by atoms with van der Waals surface area (Å²) in [7, 11) is 1.38. The van der Waals surface area contributed by atoms with Crippen molar-refractivity contribution in [2.45, 2.75) is 38.4 Å². The Bertz CT molecular complexity index is 741. The van der Waals surface area contributed by atoms with E-state index >= 15 is 0 Å². The zero-order valence-corrected chi connectivity index (χ0v) is 14.5. The van der Waals surface area contributed by atoms with Crippen molar-refractivity contribution in [2.24, 2.45) is 0 Å². The standard InChI is InChI=1S/C18H21NO7/c1-10-4-3-5-13(20)14(21)6-7-16(23)19-12-8-11(25-2)9-15(22)17(12)18(24)26-10/h3,5,8-10,14,21-22H,4,6-7H2,1-2H3,(H,19,23)/b5-3+. The zero-order chi connectivity index (χ0) is 19.3. The van der Waals surface area contributed by atoms with Crippen molar-refractivity contribution in [1.82, 2.24) is 0 Å². The van der Waals surface area contributed by atoms with E-state index in [9.17, 15) is 24.6 Å². The van der Waals surface area contributed by atoms with Gasteiger partial charge in [-0.2, -0.15) is 0 Å². The molecule has 0 saturated heterocycles. The molecular weight excluding hydrogens is 342 g/mol. The summed E-state index contributed by atoms with van der Waals surface area (Å²) in [6, 6.07) is 2.62. The lowest BCUT2D eigenvalue weighted by Gasteiger charge is -2.17. The van der Waals surface area contributed by atoms with Crippen molar-refractivity contribution in [1.29, 1.82) is 0 Å². The number of benzene rings is 1. The molecule has 2 atom stereocenters. The average Bonchev–Trinajstić information content (AvgIpc) is 2.58. The smallest absolute Gasteiger partial charge is 0.344 e. The second kappa shape index (κ2) is 8.48. The maximum atomic E-state index is 12.4. The van der Waals surface area contributed by atoms with Crippen LogP contribution >= 0.6 is 0 Å². The van der Waals surface area contributed by atoms with Crippen molar-refractivity contribution in [3.05, 3.63) is 29.8 Å². The van der Waals surface area contributed by atoms with Crippen molar-refractivity contribution in [3.8, 4) is 11.5 Å². The number of hydrogen-bond acceptors (Lipinski definition) is 7. The summed E-state index contributed by atoms with van der Waals surface area (Å²) in [5.41, 5.74) is -0.166. The van der Waals surface area contributed by atoms with Crippen LogP contribution in [0.3, 0.4) is 0 Å². The molecule has 8 heteroatoms. The van der Waals surface area contributed by atoms with E-state index in [0.29, 0.717) is 0 Å². The van der Waals surface area contributed by atoms with Crippen molar-refractivity contribution < 1.29 is 34.1 Å². The number of phenols is 1. The number of anilines is 1. The lowest BCUT2D eigenvalue weighted by Crippen LogP contribution is -2.23. The molecule has 1 heterocycles. The number of esters is 1. The molecule has 0 aliphatic carbocycles. The van der Waals surface area contributed by atoms with E-state index in [0.717, 1.165) is 0 Å². The molecular formula is C18H21NO7. The number of methoxy groups -OCH3 is 1. The van der Waals surface area contributed by atoms with Gasteiger partial charge in [-0.1, -0.05) is 6.08 Å². The molecule has 1 aromatic rings. The number of amides is 1. The molecule has 0 fully saturated rings. The number of cyclic esters (lactones) is 1. The van der Waals surface area contributed by atoms with Gasteiger partial charge in [-0.15, -0.1) is 0 Å². The molecule has 140 valence electrons. The normalized spacial score (nSPS) is 23.3. The Hall–Kier alpha value is -2.87. The van der Waals surface area contributed by atoms with Gasteiger partial charge in [0.1, 0.15) is 29.3 Å². The Labute approximate surface area is 150 Å². The van der Waals surface area contributed by atoms with Gasteiger partial charge >= 0.3 is 5.97 Å². The number of aliphatic hydroxyl groups excluding tert-OH is 1. The largest absolute Gasteiger partial charge is 0.507 e. The first-order valence-corrected chi connectivity index (χ1v) is 8.12. The Morgan fingerprint density at radius 3 is 2.69 bits per heavy atom. The summed E-state index contributed by atoms with van der Waals surface area (Å²) in [4.78, 5) is 36.3. The zero-order valence-electron chi connectivity index (χ0n) is 14.5. The first kappa shape index (κ1) is 19.5. The molecule has 1 amide bonds. The van der Waals surface area contributed by atoms with E-state index in [2.05, 4.69) is 5.32 Å². The Morgan fingerprint density at radius 1 is 1.27 bits per heavy atom. The molecule has 1 aliphatic heterocycles. The molecule has 26 heavy (non-hydrogen) atoms. The quantitative estimate of drug-likeness (QED) is 0.647. The van der Waals surface area contributed by atoms with E-state index in [1.54, 1.807) is 6.92 Å². The number of rotatable bonds is 1. The van der Waals surface area contributed by atoms with E-state index in [-0.39, 0.29) is 36.3 Å². The van der Waals surface area contributed by atoms with Crippen LogP contribution < -0.4 is 10.1 Å². The second-order valence-corrected chi connectivity index (χ2v) is 5.93. The summed E-state index contributed by atoms with van der Waals surface area (Å²) in [5.74, 6) is -2.03. The first-order valence-electron chi connectivity index (χ1n) is 8.12. The third-order valence-corrected chi connectivity index (χ3v) is 3.84. The van der Waals surface area contributed by atoms with Crippen LogP contribution in [0.1, 0.15) is 36.5 Å². The minimum Gasteiger partial charge on any atom is -0.507 e. The van der Waals surface area contributed by atoms with Gasteiger partial charge in [-0.25, -0.2) is 4.79 Å². The molecule has 0 radical (unpaired) electrons. The average molecular weight is 363 g/mol. The molecule has 0 bridgehead atoms. The number of fused-ring (bicyclic) bond motifs is 1. The number of hydrogen-bond donors (Lipinski definition) is 3. The summed E-state index contributed by atoms with van der Waals surface area (Å²) in [5, 5.41) is 22.5. The van der Waals surface area contributed by atoms with Gasteiger partial charge in [0, 0.05) is 25.0 Å². The maximum Gasteiger partial charge on any atom is 0.344 e. The van der Waals surface area contributed by atoms with E-state index in [1.807, 2.05) is 0 Å². The van der Waals surface area contributed by atoms with Crippen LogP contribution in [0.15, 0.2) is 24.3 Å². The van der Waals surface area contributed by atoms with E-state index in [4.69, 9.17) is 9.47 Å². The number of carbonyl (C=O) groups is 3. The number of nitrogens with one attached hydrogen (secondary N) is 1.